The van der Waals surface area contributed by atoms with E-state index < -0.39 is 0 Å². The van der Waals surface area contributed by atoms with Crippen LogP contribution in [-0.2, 0) is 13.0 Å². The summed E-state index contributed by atoms with van der Waals surface area (Å²) in [7, 11) is 1.61. The van der Waals surface area contributed by atoms with Crippen LogP contribution < -0.4 is 20.1 Å². The molecular weight excluding hydrogens is 374 g/mol. The fraction of sp³-hybridized carbons (Fsp3) is 0.476. The standard InChI is InChI=1S/C21H31N3O3S/c1-4-22-21(23-14-16(2)12-18-6-5-11-28-18)24-15-17-7-8-19(27-10-9-25)20(13-17)26-3/h5-8,11,13,16,25H,4,9-10,12,14-15H2,1-3H3,(H2,22,23,24). The summed E-state index contributed by atoms with van der Waals surface area (Å²) in [5.41, 5.74) is 1.03. The van der Waals surface area contributed by atoms with E-state index in [1.54, 1.807) is 18.4 Å². The molecule has 0 bridgehead atoms. The predicted molar refractivity (Wildman–Crippen MR) is 116 cm³/mol. The van der Waals surface area contributed by atoms with E-state index in [1.807, 2.05) is 18.2 Å². The Bertz CT molecular complexity index is 720. The number of thiophene rings is 1. The van der Waals surface area contributed by atoms with Gasteiger partial charge in [0.05, 0.1) is 20.3 Å². The van der Waals surface area contributed by atoms with E-state index in [1.165, 1.54) is 4.88 Å². The highest BCUT2D eigenvalue weighted by Crippen LogP contribution is 2.28. The molecule has 0 fully saturated rings. The Morgan fingerprint density at radius 3 is 2.79 bits per heavy atom. The van der Waals surface area contributed by atoms with Crippen molar-refractivity contribution in [3.05, 3.63) is 46.2 Å². The van der Waals surface area contributed by atoms with E-state index in [0.29, 0.717) is 24.0 Å². The first-order chi connectivity index (χ1) is 13.7. The summed E-state index contributed by atoms with van der Waals surface area (Å²) < 4.78 is 10.9. The Kier molecular flexibility index (Phi) is 9.65. The van der Waals surface area contributed by atoms with Crippen molar-refractivity contribution in [3.63, 3.8) is 0 Å². The van der Waals surface area contributed by atoms with Gasteiger partial charge in [0.15, 0.2) is 17.5 Å². The van der Waals surface area contributed by atoms with E-state index in [-0.39, 0.29) is 13.2 Å². The van der Waals surface area contributed by atoms with Gasteiger partial charge in [-0.05, 0) is 48.4 Å². The van der Waals surface area contributed by atoms with Crippen LogP contribution >= 0.6 is 11.3 Å². The maximum Gasteiger partial charge on any atom is 0.191 e. The highest BCUT2D eigenvalue weighted by atomic mass is 32.1. The Hall–Kier alpha value is -2.25. The summed E-state index contributed by atoms with van der Waals surface area (Å²) in [5, 5.41) is 17.7. The molecule has 0 amide bonds. The maximum atomic E-state index is 8.91. The van der Waals surface area contributed by atoms with Crippen LogP contribution in [0.4, 0.5) is 0 Å². The van der Waals surface area contributed by atoms with Crippen LogP contribution in [0, 0.1) is 5.92 Å². The van der Waals surface area contributed by atoms with Crippen molar-refractivity contribution in [2.45, 2.75) is 26.8 Å². The summed E-state index contributed by atoms with van der Waals surface area (Å²) in [6, 6.07) is 10.0. The molecule has 1 aromatic carbocycles. The van der Waals surface area contributed by atoms with Crippen molar-refractivity contribution >= 4 is 17.3 Å². The summed E-state index contributed by atoms with van der Waals surface area (Å²) in [6.07, 6.45) is 1.07. The molecule has 0 radical (unpaired) electrons. The smallest absolute Gasteiger partial charge is 0.191 e. The van der Waals surface area contributed by atoms with Crippen LogP contribution in [0.5, 0.6) is 11.5 Å². The molecule has 28 heavy (non-hydrogen) atoms. The van der Waals surface area contributed by atoms with Gasteiger partial charge in [0, 0.05) is 18.0 Å². The number of hydrogen-bond donors (Lipinski definition) is 3. The third-order valence-corrected chi connectivity index (χ3v) is 4.99. The highest BCUT2D eigenvalue weighted by Gasteiger charge is 2.08. The fourth-order valence-electron chi connectivity index (χ4n) is 2.71. The Labute approximate surface area is 171 Å². The third kappa shape index (κ3) is 7.40. The van der Waals surface area contributed by atoms with Gasteiger partial charge in [-0.2, -0.15) is 0 Å². The number of hydrogen-bond acceptors (Lipinski definition) is 5. The summed E-state index contributed by atoms with van der Waals surface area (Å²) in [4.78, 5) is 6.09. The molecule has 7 heteroatoms. The van der Waals surface area contributed by atoms with Crippen LogP contribution in [0.25, 0.3) is 0 Å². The molecule has 1 heterocycles. The zero-order valence-electron chi connectivity index (χ0n) is 16.9. The van der Waals surface area contributed by atoms with Gasteiger partial charge in [0.2, 0.25) is 0 Å². The molecular formula is C21H31N3O3S. The number of rotatable bonds is 11. The second-order valence-electron chi connectivity index (χ2n) is 6.52. The van der Waals surface area contributed by atoms with Gasteiger partial charge in [-0.25, -0.2) is 4.99 Å². The number of benzene rings is 1. The van der Waals surface area contributed by atoms with Crippen LogP contribution in [0.3, 0.4) is 0 Å². The zero-order valence-corrected chi connectivity index (χ0v) is 17.7. The first kappa shape index (κ1) is 22.0. The lowest BCUT2D eigenvalue weighted by atomic mass is 10.1. The lowest BCUT2D eigenvalue weighted by molar-refractivity contribution is 0.196. The van der Waals surface area contributed by atoms with E-state index in [0.717, 1.165) is 31.0 Å². The number of guanidine groups is 1. The maximum absolute atomic E-state index is 8.91. The number of methoxy groups -OCH3 is 1. The average Bonchev–Trinajstić information content (AvgIpc) is 3.21. The van der Waals surface area contributed by atoms with Crippen molar-refractivity contribution in [2.24, 2.45) is 10.9 Å². The Balaban J connectivity index is 1.93. The number of aliphatic hydroxyl groups is 1. The van der Waals surface area contributed by atoms with Crippen LogP contribution in [0.2, 0.25) is 0 Å². The van der Waals surface area contributed by atoms with Crippen molar-refractivity contribution in [1.82, 2.24) is 10.6 Å². The largest absolute Gasteiger partial charge is 0.493 e. The second kappa shape index (κ2) is 12.3. The topological polar surface area (TPSA) is 75.1 Å². The van der Waals surface area contributed by atoms with Gasteiger partial charge >= 0.3 is 0 Å². The predicted octanol–water partition coefficient (Wildman–Crippen LogP) is 3.06. The molecule has 6 nitrogen and oxygen atoms in total. The quantitative estimate of drug-likeness (QED) is 0.396. The minimum absolute atomic E-state index is 0.0299. The SMILES string of the molecule is CCNC(=NCc1ccc(OCCO)c(OC)c1)NCC(C)Cc1cccs1. The lowest BCUT2D eigenvalue weighted by Crippen LogP contribution is -2.39. The number of aliphatic imine (C=N–C) groups is 1. The lowest BCUT2D eigenvalue weighted by Gasteiger charge is -2.16. The molecule has 1 atom stereocenters. The van der Waals surface area contributed by atoms with Gasteiger partial charge in [-0.15, -0.1) is 11.3 Å². The number of nitrogens with zero attached hydrogens (tertiary/aromatic N) is 1. The molecule has 0 saturated carbocycles. The number of nitrogens with one attached hydrogen (secondary N) is 2. The molecule has 154 valence electrons. The van der Waals surface area contributed by atoms with Gasteiger partial charge in [-0.1, -0.05) is 19.1 Å². The minimum Gasteiger partial charge on any atom is -0.493 e. The molecule has 0 saturated heterocycles. The van der Waals surface area contributed by atoms with Crippen molar-refractivity contribution in [3.8, 4) is 11.5 Å². The van der Waals surface area contributed by atoms with Crippen LogP contribution in [0.15, 0.2) is 40.7 Å². The van der Waals surface area contributed by atoms with Gasteiger partial charge in [-0.3, -0.25) is 0 Å². The van der Waals surface area contributed by atoms with Crippen molar-refractivity contribution in [2.75, 3.05) is 33.4 Å². The number of ether oxygens (including phenoxy) is 2. The monoisotopic (exact) mass is 405 g/mol. The van der Waals surface area contributed by atoms with Gasteiger partial charge in [0.25, 0.3) is 0 Å². The summed E-state index contributed by atoms with van der Waals surface area (Å²) >= 11 is 1.80. The van der Waals surface area contributed by atoms with Gasteiger partial charge in [0.1, 0.15) is 6.61 Å². The summed E-state index contributed by atoms with van der Waals surface area (Å²) in [5.74, 6) is 2.59. The summed E-state index contributed by atoms with van der Waals surface area (Å²) in [6.45, 7) is 6.72. The molecule has 0 spiro atoms. The Morgan fingerprint density at radius 2 is 2.11 bits per heavy atom. The molecule has 3 N–H and O–H groups in total. The molecule has 0 aliphatic rings. The molecule has 0 aliphatic heterocycles. The van der Waals surface area contributed by atoms with Crippen LogP contribution in [-0.4, -0.2) is 44.5 Å². The number of aliphatic hydroxyl groups excluding tert-OH is 1. The molecule has 1 aromatic heterocycles. The molecule has 2 rings (SSSR count). The molecule has 1 unspecified atom stereocenters. The molecule has 0 aliphatic carbocycles. The third-order valence-electron chi connectivity index (χ3n) is 4.09. The zero-order chi connectivity index (χ0) is 20.2. The van der Waals surface area contributed by atoms with Gasteiger partial charge < -0.3 is 25.2 Å². The molecule has 2 aromatic rings. The Morgan fingerprint density at radius 1 is 1.25 bits per heavy atom. The first-order valence-electron chi connectivity index (χ1n) is 9.61. The van der Waals surface area contributed by atoms with E-state index in [4.69, 9.17) is 14.6 Å². The van der Waals surface area contributed by atoms with Crippen molar-refractivity contribution < 1.29 is 14.6 Å². The highest BCUT2D eigenvalue weighted by molar-refractivity contribution is 7.09. The van der Waals surface area contributed by atoms with E-state index >= 15 is 0 Å². The van der Waals surface area contributed by atoms with E-state index in [2.05, 4.69) is 47.0 Å². The fourth-order valence-corrected chi connectivity index (χ4v) is 3.58. The van der Waals surface area contributed by atoms with Crippen molar-refractivity contribution in [1.29, 1.82) is 0 Å². The minimum atomic E-state index is -0.0299. The van der Waals surface area contributed by atoms with E-state index in [9.17, 15) is 0 Å². The first-order valence-corrected chi connectivity index (χ1v) is 10.5. The second-order valence-corrected chi connectivity index (χ2v) is 7.55. The average molecular weight is 406 g/mol. The normalized spacial score (nSPS) is 12.5. The van der Waals surface area contributed by atoms with Crippen LogP contribution in [0.1, 0.15) is 24.3 Å².